The molecule has 3 rings (SSSR count). The molecule has 0 N–H and O–H groups in total. The van der Waals surface area contributed by atoms with Crippen LogP contribution in [-0.2, 0) is 0 Å². The first-order valence-corrected chi connectivity index (χ1v) is 9.81. The number of ether oxygens (including phenoxy) is 1. The van der Waals surface area contributed by atoms with E-state index in [-0.39, 0.29) is 17.9 Å². The van der Waals surface area contributed by atoms with Crippen molar-refractivity contribution in [2.75, 3.05) is 26.2 Å². The molecule has 1 aliphatic heterocycles. The Bertz CT molecular complexity index is 741. The lowest BCUT2D eigenvalue weighted by Crippen LogP contribution is -2.37. The van der Waals surface area contributed by atoms with E-state index in [1.165, 1.54) is 11.3 Å². The number of amides is 2. The summed E-state index contributed by atoms with van der Waals surface area (Å²) in [6.07, 6.45) is 0.895. The van der Waals surface area contributed by atoms with Crippen LogP contribution < -0.4 is 4.74 Å². The van der Waals surface area contributed by atoms with Crippen LogP contribution in [-0.4, -0.2) is 53.9 Å². The van der Waals surface area contributed by atoms with E-state index in [1.54, 1.807) is 12.1 Å². The number of benzene rings is 1. The van der Waals surface area contributed by atoms with E-state index in [0.29, 0.717) is 31.7 Å². The fraction of sp³-hybridized carbons (Fsp3) is 0.400. The summed E-state index contributed by atoms with van der Waals surface area (Å²) in [7, 11) is 0. The first kappa shape index (κ1) is 18.5. The van der Waals surface area contributed by atoms with Gasteiger partial charge in [0.2, 0.25) is 0 Å². The molecule has 1 fully saturated rings. The molecule has 5 nitrogen and oxygen atoms in total. The molecule has 26 heavy (non-hydrogen) atoms. The Morgan fingerprint density at radius 2 is 1.62 bits per heavy atom. The molecule has 0 bridgehead atoms. The average molecular weight is 372 g/mol. The molecule has 138 valence electrons. The standard InChI is InChI=1S/C20H24N2O3S/c1-15(2)25-17-8-6-16(7-9-17)19(23)21-10-4-11-22(13-12-21)20(24)18-5-3-14-26-18/h3,5-9,14-15H,4,10-13H2,1-2H3. The summed E-state index contributed by atoms with van der Waals surface area (Å²) in [5.74, 6) is 0.830. The summed E-state index contributed by atoms with van der Waals surface area (Å²) in [5, 5.41) is 1.91. The van der Waals surface area contributed by atoms with Crippen LogP contribution in [0.15, 0.2) is 41.8 Å². The van der Waals surface area contributed by atoms with Crippen LogP contribution >= 0.6 is 11.3 Å². The molecular weight excluding hydrogens is 348 g/mol. The third-order valence-electron chi connectivity index (χ3n) is 4.28. The molecule has 0 radical (unpaired) electrons. The van der Waals surface area contributed by atoms with Crippen LogP contribution in [0.2, 0.25) is 0 Å². The maximum Gasteiger partial charge on any atom is 0.263 e. The van der Waals surface area contributed by atoms with Crippen molar-refractivity contribution in [3.05, 3.63) is 52.2 Å². The van der Waals surface area contributed by atoms with E-state index in [9.17, 15) is 9.59 Å². The van der Waals surface area contributed by atoms with Crippen molar-refractivity contribution in [3.63, 3.8) is 0 Å². The van der Waals surface area contributed by atoms with Crippen LogP contribution in [0.1, 0.15) is 40.3 Å². The second-order valence-electron chi connectivity index (χ2n) is 6.61. The number of hydrogen-bond donors (Lipinski definition) is 0. The van der Waals surface area contributed by atoms with Gasteiger partial charge in [-0.2, -0.15) is 0 Å². The summed E-state index contributed by atoms with van der Waals surface area (Å²) in [4.78, 5) is 29.7. The van der Waals surface area contributed by atoms with Crippen molar-refractivity contribution in [2.45, 2.75) is 26.4 Å². The normalized spacial score (nSPS) is 15.0. The molecule has 0 atom stereocenters. The molecule has 0 aliphatic carbocycles. The predicted molar refractivity (Wildman–Crippen MR) is 103 cm³/mol. The van der Waals surface area contributed by atoms with Crippen molar-refractivity contribution in [3.8, 4) is 5.75 Å². The quantitative estimate of drug-likeness (QED) is 0.825. The highest BCUT2D eigenvalue weighted by Crippen LogP contribution is 2.17. The van der Waals surface area contributed by atoms with Crippen LogP contribution in [0.3, 0.4) is 0 Å². The van der Waals surface area contributed by atoms with Crippen molar-refractivity contribution in [2.24, 2.45) is 0 Å². The van der Waals surface area contributed by atoms with Gasteiger partial charge in [0.1, 0.15) is 5.75 Å². The minimum absolute atomic E-state index is 0.00604. The fourth-order valence-electron chi connectivity index (χ4n) is 3.01. The lowest BCUT2D eigenvalue weighted by Gasteiger charge is -2.22. The summed E-state index contributed by atoms with van der Waals surface area (Å²) in [6.45, 7) is 6.41. The minimum atomic E-state index is 0.00604. The van der Waals surface area contributed by atoms with E-state index in [4.69, 9.17) is 4.74 Å². The van der Waals surface area contributed by atoms with E-state index in [1.807, 2.05) is 53.3 Å². The predicted octanol–water partition coefficient (Wildman–Crippen LogP) is 3.52. The lowest BCUT2D eigenvalue weighted by atomic mass is 10.2. The number of carbonyl (C=O) groups excluding carboxylic acids is 2. The number of nitrogens with zero attached hydrogens (tertiary/aromatic N) is 2. The maximum atomic E-state index is 12.8. The third kappa shape index (κ3) is 4.43. The monoisotopic (exact) mass is 372 g/mol. The first-order valence-electron chi connectivity index (χ1n) is 8.93. The fourth-order valence-corrected chi connectivity index (χ4v) is 3.70. The van der Waals surface area contributed by atoms with E-state index in [0.717, 1.165) is 17.0 Å². The van der Waals surface area contributed by atoms with Crippen LogP contribution in [0.25, 0.3) is 0 Å². The molecule has 1 aromatic carbocycles. The Labute approximate surface area is 158 Å². The van der Waals surface area contributed by atoms with E-state index < -0.39 is 0 Å². The Morgan fingerprint density at radius 1 is 0.962 bits per heavy atom. The zero-order chi connectivity index (χ0) is 18.5. The zero-order valence-corrected chi connectivity index (χ0v) is 16.0. The average Bonchev–Trinajstić information content (AvgIpc) is 3.05. The van der Waals surface area contributed by atoms with Crippen LogP contribution in [0.5, 0.6) is 5.75 Å². The Morgan fingerprint density at radius 3 is 2.19 bits per heavy atom. The largest absolute Gasteiger partial charge is 0.491 e. The highest BCUT2D eigenvalue weighted by molar-refractivity contribution is 7.12. The van der Waals surface area contributed by atoms with Crippen molar-refractivity contribution in [1.29, 1.82) is 0 Å². The summed E-state index contributed by atoms with van der Waals surface area (Å²) >= 11 is 1.46. The maximum absolute atomic E-state index is 12.8. The molecule has 1 aliphatic rings. The van der Waals surface area contributed by atoms with Crippen LogP contribution in [0.4, 0.5) is 0 Å². The molecular formula is C20H24N2O3S. The van der Waals surface area contributed by atoms with E-state index in [2.05, 4.69) is 0 Å². The van der Waals surface area contributed by atoms with Crippen molar-refractivity contribution in [1.82, 2.24) is 9.80 Å². The Kier molecular flexibility index (Phi) is 5.93. The number of thiophene rings is 1. The van der Waals surface area contributed by atoms with Gasteiger partial charge in [-0.3, -0.25) is 9.59 Å². The van der Waals surface area contributed by atoms with Gasteiger partial charge in [0.05, 0.1) is 11.0 Å². The molecule has 1 saturated heterocycles. The summed E-state index contributed by atoms with van der Waals surface area (Å²) < 4.78 is 5.62. The molecule has 2 amide bonds. The second kappa shape index (κ2) is 8.36. The van der Waals surface area contributed by atoms with Gasteiger partial charge in [-0.25, -0.2) is 0 Å². The lowest BCUT2D eigenvalue weighted by molar-refractivity contribution is 0.0721. The SMILES string of the molecule is CC(C)Oc1ccc(C(=O)N2CCCN(C(=O)c3cccs3)CC2)cc1. The Hall–Kier alpha value is -2.34. The van der Waals surface area contributed by atoms with Gasteiger partial charge >= 0.3 is 0 Å². The third-order valence-corrected chi connectivity index (χ3v) is 5.13. The topological polar surface area (TPSA) is 49.9 Å². The van der Waals surface area contributed by atoms with Crippen molar-refractivity contribution >= 4 is 23.2 Å². The molecule has 0 unspecified atom stereocenters. The molecule has 1 aromatic heterocycles. The van der Waals surface area contributed by atoms with Crippen molar-refractivity contribution < 1.29 is 14.3 Å². The summed E-state index contributed by atoms with van der Waals surface area (Å²) in [6, 6.07) is 11.0. The zero-order valence-electron chi connectivity index (χ0n) is 15.2. The number of hydrogen-bond acceptors (Lipinski definition) is 4. The molecule has 2 aromatic rings. The van der Waals surface area contributed by atoms with Gasteiger partial charge in [0.25, 0.3) is 11.8 Å². The number of carbonyl (C=O) groups is 2. The molecule has 0 spiro atoms. The summed E-state index contributed by atoms with van der Waals surface area (Å²) in [5.41, 5.74) is 0.652. The van der Waals surface area contributed by atoms with Gasteiger partial charge < -0.3 is 14.5 Å². The molecule has 0 saturated carbocycles. The first-order chi connectivity index (χ1) is 12.5. The smallest absolute Gasteiger partial charge is 0.263 e. The number of rotatable bonds is 4. The van der Waals surface area contributed by atoms with Gasteiger partial charge in [0.15, 0.2) is 0 Å². The Balaban J connectivity index is 1.61. The van der Waals surface area contributed by atoms with Gasteiger partial charge in [-0.05, 0) is 56.0 Å². The van der Waals surface area contributed by atoms with Gasteiger partial charge in [-0.15, -0.1) is 11.3 Å². The van der Waals surface area contributed by atoms with Gasteiger partial charge in [0, 0.05) is 31.7 Å². The van der Waals surface area contributed by atoms with Crippen LogP contribution in [0, 0.1) is 0 Å². The van der Waals surface area contributed by atoms with Gasteiger partial charge in [-0.1, -0.05) is 6.07 Å². The minimum Gasteiger partial charge on any atom is -0.491 e. The molecule has 6 heteroatoms. The molecule has 2 heterocycles. The highest BCUT2D eigenvalue weighted by Gasteiger charge is 2.24. The second-order valence-corrected chi connectivity index (χ2v) is 7.55. The highest BCUT2D eigenvalue weighted by atomic mass is 32.1. The van der Waals surface area contributed by atoms with E-state index >= 15 is 0 Å².